The predicted octanol–water partition coefficient (Wildman–Crippen LogP) is 1.80. The molecule has 0 aromatic heterocycles. The van der Waals surface area contributed by atoms with Gasteiger partial charge in [0.25, 0.3) is 11.8 Å². The maximum Gasteiger partial charge on any atom is 0.263 e. The fourth-order valence-electron chi connectivity index (χ4n) is 1.45. The number of thiocarbonyl (C=S) groups is 1. The summed E-state index contributed by atoms with van der Waals surface area (Å²) in [6.45, 7) is -0.189. The summed E-state index contributed by atoms with van der Waals surface area (Å²) in [5.41, 5.74) is 5.82. The van der Waals surface area contributed by atoms with Crippen LogP contribution in [0.4, 0.5) is 0 Å². The van der Waals surface area contributed by atoms with Gasteiger partial charge in [-0.25, -0.2) is 0 Å². The third-order valence-electron chi connectivity index (χ3n) is 2.27. The van der Waals surface area contributed by atoms with Gasteiger partial charge in [-0.15, -0.1) is 0 Å². The van der Waals surface area contributed by atoms with E-state index in [4.69, 9.17) is 22.7 Å². The van der Waals surface area contributed by atoms with Gasteiger partial charge in [0, 0.05) is 0 Å². The number of carbonyl (C=O) groups excluding carboxylic acids is 2. The Balaban J connectivity index is 2.17. The average Bonchev–Trinajstić information content (AvgIpc) is 2.66. The highest BCUT2D eigenvalue weighted by molar-refractivity contribution is 9.10. The maximum absolute atomic E-state index is 11.5. The van der Waals surface area contributed by atoms with Gasteiger partial charge < -0.3 is 15.8 Å². The topological polar surface area (TPSA) is 81.4 Å². The molecule has 1 heterocycles. The minimum Gasteiger partial charge on any atom is -0.483 e. The molecule has 0 bridgehead atoms. The molecule has 0 aliphatic carbocycles. The fraction of sp³-hybridized carbons (Fsp3) is 0.0833. The van der Waals surface area contributed by atoms with E-state index in [2.05, 4.69) is 21.2 Å². The van der Waals surface area contributed by atoms with Crippen LogP contribution in [0.2, 0.25) is 0 Å². The van der Waals surface area contributed by atoms with Crippen LogP contribution in [-0.4, -0.2) is 22.7 Å². The number of ether oxygens (including phenoxy) is 1. The first-order valence-electron chi connectivity index (χ1n) is 5.41. The zero-order valence-electron chi connectivity index (χ0n) is 10.0. The smallest absolute Gasteiger partial charge is 0.263 e. The second-order valence-electron chi connectivity index (χ2n) is 3.80. The summed E-state index contributed by atoms with van der Waals surface area (Å²) in [5, 5.41) is 2.55. The number of hydrogen-bond donors (Lipinski definition) is 2. The second kappa shape index (κ2) is 6.38. The number of thioether (sulfide) groups is 1. The van der Waals surface area contributed by atoms with Gasteiger partial charge in [0.2, 0.25) is 0 Å². The molecule has 0 saturated carbocycles. The molecule has 2 amide bonds. The molecule has 2 rings (SSSR count). The van der Waals surface area contributed by atoms with Crippen LogP contribution in [0, 0.1) is 0 Å². The summed E-state index contributed by atoms with van der Waals surface area (Å²) >= 11 is 9.46. The van der Waals surface area contributed by atoms with Crippen molar-refractivity contribution in [3.63, 3.8) is 0 Å². The van der Waals surface area contributed by atoms with E-state index in [9.17, 15) is 9.59 Å². The molecule has 5 nitrogen and oxygen atoms in total. The van der Waals surface area contributed by atoms with Gasteiger partial charge in [-0.05, 0) is 39.7 Å². The van der Waals surface area contributed by atoms with E-state index in [0.717, 1.165) is 5.56 Å². The van der Waals surface area contributed by atoms with Crippen LogP contribution in [0.5, 0.6) is 5.75 Å². The normalized spacial score (nSPS) is 16.4. The maximum atomic E-state index is 11.5. The zero-order chi connectivity index (χ0) is 14.7. The minimum absolute atomic E-state index is 0.189. The van der Waals surface area contributed by atoms with E-state index in [1.807, 2.05) is 0 Å². The lowest BCUT2D eigenvalue weighted by atomic mass is 10.2. The Kier molecular flexibility index (Phi) is 4.79. The largest absolute Gasteiger partial charge is 0.483 e. The summed E-state index contributed by atoms with van der Waals surface area (Å²) in [6.07, 6.45) is 1.72. The number of hydrogen-bond acceptors (Lipinski definition) is 5. The van der Waals surface area contributed by atoms with Crippen LogP contribution in [0.1, 0.15) is 5.56 Å². The molecule has 1 saturated heterocycles. The van der Waals surface area contributed by atoms with Crippen molar-refractivity contribution in [2.45, 2.75) is 0 Å². The molecule has 104 valence electrons. The van der Waals surface area contributed by atoms with E-state index in [1.165, 1.54) is 11.8 Å². The zero-order valence-corrected chi connectivity index (χ0v) is 13.2. The third kappa shape index (κ3) is 3.81. The summed E-state index contributed by atoms with van der Waals surface area (Å²) < 4.78 is 6.33. The van der Waals surface area contributed by atoms with Gasteiger partial charge in [-0.3, -0.25) is 9.59 Å². The van der Waals surface area contributed by atoms with E-state index in [1.54, 1.807) is 24.3 Å². The van der Waals surface area contributed by atoms with Crippen LogP contribution < -0.4 is 15.8 Å². The number of primary amides is 1. The van der Waals surface area contributed by atoms with Crippen molar-refractivity contribution in [1.29, 1.82) is 0 Å². The standard InChI is InChI=1S/C12H9BrN2O3S2/c13-7-3-6(1-2-8(7)18-5-10(14)16)4-9-11(17)15-12(19)20-9/h1-4H,5H2,(H2,14,16)(H,15,17,19). The quantitative estimate of drug-likeness (QED) is 0.622. The lowest BCUT2D eigenvalue weighted by Crippen LogP contribution is -2.20. The van der Waals surface area contributed by atoms with Crippen molar-refractivity contribution in [2.24, 2.45) is 5.73 Å². The van der Waals surface area contributed by atoms with Gasteiger partial charge in [0.05, 0.1) is 9.38 Å². The van der Waals surface area contributed by atoms with Gasteiger partial charge in [-0.2, -0.15) is 0 Å². The van der Waals surface area contributed by atoms with E-state index < -0.39 is 5.91 Å². The third-order valence-corrected chi connectivity index (χ3v) is 4.05. The number of halogens is 1. The molecular weight excluding hydrogens is 364 g/mol. The number of benzene rings is 1. The molecule has 1 aromatic rings. The van der Waals surface area contributed by atoms with E-state index >= 15 is 0 Å². The Morgan fingerprint density at radius 1 is 1.55 bits per heavy atom. The monoisotopic (exact) mass is 372 g/mol. The first-order valence-corrected chi connectivity index (χ1v) is 7.43. The van der Waals surface area contributed by atoms with Crippen molar-refractivity contribution in [2.75, 3.05) is 6.61 Å². The molecule has 1 aliphatic heterocycles. The first-order chi connectivity index (χ1) is 9.45. The summed E-state index contributed by atoms with van der Waals surface area (Å²) in [6, 6.07) is 5.23. The molecule has 1 aromatic carbocycles. The molecule has 0 atom stereocenters. The van der Waals surface area contributed by atoms with Crippen molar-refractivity contribution in [1.82, 2.24) is 5.32 Å². The van der Waals surface area contributed by atoms with Gasteiger partial charge in [0.15, 0.2) is 6.61 Å². The highest BCUT2D eigenvalue weighted by Gasteiger charge is 2.21. The predicted molar refractivity (Wildman–Crippen MR) is 85.1 cm³/mol. The molecular formula is C12H9BrN2O3S2. The van der Waals surface area contributed by atoms with Crippen LogP contribution in [-0.2, 0) is 9.59 Å². The van der Waals surface area contributed by atoms with Gasteiger partial charge in [-0.1, -0.05) is 30.0 Å². The summed E-state index contributed by atoms with van der Waals surface area (Å²) in [4.78, 5) is 22.7. The van der Waals surface area contributed by atoms with Crippen LogP contribution in [0.25, 0.3) is 6.08 Å². The Morgan fingerprint density at radius 3 is 2.85 bits per heavy atom. The van der Waals surface area contributed by atoms with E-state index in [0.29, 0.717) is 19.4 Å². The molecule has 1 aliphatic rings. The second-order valence-corrected chi connectivity index (χ2v) is 6.37. The van der Waals surface area contributed by atoms with Crippen LogP contribution in [0.3, 0.4) is 0 Å². The molecule has 20 heavy (non-hydrogen) atoms. The number of nitrogens with one attached hydrogen (secondary N) is 1. The number of amides is 2. The highest BCUT2D eigenvalue weighted by Crippen LogP contribution is 2.30. The molecule has 0 spiro atoms. The number of rotatable bonds is 4. The van der Waals surface area contributed by atoms with Gasteiger partial charge in [0.1, 0.15) is 10.1 Å². The van der Waals surface area contributed by atoms with Crippen molar-refractivity contribution < 1.29 is 14.3 Å². The van der Waals surface area contributed by atoms with Crippen LogP contribution in [0.15, 0.2) is 27.6 Å². The van der Waals surface area contributed by atoms with Crippen molar-refractivity contribution in [3.8, 4) is 5.75 Å². The Bertz CT molecular complexity index is 631. The first kappa shape index (κ1) is 15.0. The number of carbonyl (C=O) groups is 2. The van der Waals surface area contributed by atoms with Gasteiger partial charge >= 0.3 is 0 Å². The Labute approximate surface area is 133 Å². The average molecular weight is 373 g/mol. The number of nitrogens with two attached hydrogens (primary N) is 1. The van der Waals surface area contributed by atoms with Crippen LogP contribution >= 0.6 is 39.9 Å². The SMILES string of the molecule is NC(=O)COc1ccc(C=C2SC(=S)NC2=O)cc1Br. The summed E-state index contributed by atoms with van der Waals surface area (Å²) in [7, 11) is 0. The lowest BCUT2D eigenvalue weighted by molar-refractivity contribution is -0.120. The Hall–Kier alpha value is -1.38. The molecule has 3 N–H and O–H groups in total. The molecule has 0 radical (unpaired) electrons. The summed E-state index contributed by atoms with van der Waals surface area (Å²) in [5.74, 6) is -0.245. The minimum atomic E-state index is -0.546. The lowest BCUT2D eigenvalue weighted by Gasteiger charge is -2.06. The Morgan fingerprint density at radius 2 is 2.30 bits per heavy atom. The molecule has 0 unspecified atom stereocenters. The molecule has 1 fully saturated rings. The van der Waals surface area contributed by atoms with Crippen molar-refractivity contribution in [3.05, 3.63) is 33.1 Å². The molecule has 8 heteroatoms. The van der Waals surface area contributed by atoms with Crippen molar-refractivity contribution >= 4 is 62.1 Å². The van der Waals surface area contributed by atoms with E-state index in [-0.39, 0.29) is 12.5 Å². The highest BCUT2D eigenvalue weighted by atomic mass is 79.9. The fourth-order valence-corrected chi connectivity index (χ4v) is 3.00.